The third-order valence-corrected chi connectivity index (χ3v) is 4.97. The number of halogens is 1. The Bertz CT molecular complexity index is 666. The quantitative estimate of drug-likeness (QED) is 0.752. The van der Waals surface area contributed by atoms with E-state index in [-0.39, 0.29) is 11.8 Å². The first kappa shape index (κ1) is 17.0. The standard InChI is InChI=1S/C19H24ClN3O/c20-16-8-5-14(6-9-16)4-2-1-3-11-21-19(24)15-7-10-17-18(12-15)23-13-22-17/h5-6,8-9,13,15H,1-4,7,10-12H2,(H,21,24)(H,22,23). The summed E-state index contributed by atoms with van der Waals surface area (Å²) in [5, 5.41) is 3.87. The fraction of sp³-hybridized carbons (Fsp3) is 0.474. The Balaban J connectivity index is 1.29. The Kier molecular flexibility index (Phi) is 5.91. The largest absolute Gasteiger partial charge is 0.356 e. The molecule has 0 saturated carbocycles. The van der Waals surface area contributed by atoms with Gasteiger partial charge in [-0.25, -0.2) is 4.98 Å². The first-order valence-corrected chi connectivity index (χ1v) is 9.13. The van der Waals surface area contributed by atoms with E-state index in [2.05, 4.69) is 27.4 Å². The number of rotatable bonds is 7. The number of aryl methyl sites for hydroxylation is 2. The molecule has 1 aromatic carbocycles. The highest BCUT2D eigenvalue weighted by Gasteiger charge is 2.25. The minimum Gasteiger partial charge on any atom is -0.356 e. The summed E-state index contributed by atoms with van der Waals surface area (Å²) in [7, 11) is 0. The highest BCUT2D eigenvalue weighted by molar-refractivity contribution is 6.30. The van der Waals surface area contributed by atoms with Crippen LogP contribution >= 0.6 is 11.6 Å². The first-order chi connectivity index (χ1) is 11.7. The molecule has 24 heavy (non-hydrogen) atoms. The molecule has 2 aromatic rings. The molecule has 0 radical (unpaired) electrons. The molecule has 0 saturated heterocycles. The van der Waals surface area contributed by atoms with Crippen LogP contribution in [0, 0.1) is 5.92 Å². The van der Waals surface area contributed by atoms with E-state index in [0.717, 1.165) is 62.2 Å². The Hall–Kier alpha value is -1.81. The molecule has 1 heterocycles. The van der Waals surface area contributed by atoms with Crippen molar-refractivity contribution >= 4 is 17.5 Å². The van der Waals surface area contributed by atoms with E-state index in [9.17, 15) is 4.79 Å². The third kappa shape index (κ3) is 4.60. The number of fused-ring (bicyclic) bond motifs is 1. The zero-order valence-corrected chi connectivity index (χ0v) is 14.6. The summed E-state index contributed by atoms with van der Waals surface area (Å²) in [6.45, 7) is 0.767. The van der Waals surface area contributed by atoms with Crippen molar-refractivity contribution in [3.05, 3.63) is 52.6 Å². The number of carbonyl (C=O) groups excluding carboxylic acids is 1. The second-order valence-electron chi connectivity index (χ2n) is 6.50. The van der Waals surface area contributed by atoms with Crippen LogP contribution in [0.15, 0.2) is 30.6 Å². The highest BCUT2D eigenvalue weighted by atomic mass is 35.5. The molecule has 1 atom stereocenters. The molecular formula is C19H24ClN3O. The average Bonchev–Trinajstić information content (AvgIpc) is 3.07. The van der Waals surface area contributed by atoms with Gasteiger partial charge in [-0.2, -0.15) is 0 Å². The van der Waals surface area contributed by atoms with Crippen molar-refractivity contribution in [3.8, 4) is 0 Å². The van der Waals surface area contributed by atoms with Crippen molar-refractivity contribution < 1.29 is 4.79 Å². The van der Waals surface area contributed by atoms with Crippen molar-refractivity contribution in [2.75, 3.05) is 6.54 Å². The number of aromatic nitrogens is 2. The number of hydrogen-bond acceptors (Lipinski definition) is 2. The van der Waals surface area contributed by atoms with Gasteiger partial charge in [0, 0.05) is 29.6 Å². The van der Waals surface area contributed by atoms with Crippen LogP contribution in [0.5, 0.6) is 0 Å². The zero-order valence-electron chi connectivity index (χ0n) is 13.9. The van der Waals surface area contributed by atoms with Crippen molar-refractivity contribution in [1.82, 2.24) is 15.3 Å². The summed E-state index contributed by atoms with van der Waals surface area (Å²) in [5.41, 5.74) is 3.58. The van der Waals surface area contributed by atoms with Crippen molar-refractivity contribution in [2.24, 2.45) is 5.92 Å². The summed E-state index contributed by atoms with van der Waals surface area (Å²) in [6.07, 6.45) is 8.68. The number of nitrogens with one attached hydrogen (secondary N) is 2. The molecule has 1 aromatic heterocycles. The van der Waals surface area contributed by atoms with Crippen molar-refractivity contribution in [2.45, 2.75) is 44.9 Å². The van der Waals surface area contributed by atoms with Crippen LogP contribution in [0.1, 0.15) is 42.6 Å². The summed E-state index contributed by atoms with van der Waals surface area (Å²) in [5.74, 6) is 0.260. The summed E-state index contributed by atoms with van der Waals surface area (Å²) < 4.78 is 0. The van der Waals surface area contributed by atoms with Gasteiger partial charge in [-0.15, -0.1) is 0 Å². The SMILES string of the molecule is O=C(NCCCCCc1ccc(Cl)cc1)C1CCc2[nH]cnc2C1. The van der Waals surface area contributed by atoms with Crippen LogP contribution in [0.25, 0.3) is 0 Å². The minimum atomic E-state index is 0.0786. The predicted molar refractivity (Wildman–Crippen MR) is 96.1 cm³/mol. The summed E-state index contributed by atoms with van der Waals surface area (Å²) in [4.78, 5) is 19.7. The lowest BCUT2D eigenvalue weighted by Gasteiger charge is -2.20. The molecule has 3 rings (SSSR count). The lowest BCUT2D eigenvalue weighted by Crippen LogP contribution is -2.34. The summed E-state index contributed by atoms with van der Waals surface area (Å²) >= 11 is 5.88. The van der Waals surface area contributed by atoms with E-state index >= 15 is 0 Å². The Morgan fingerprint density at radius 2 is 2.08 bits per heavy atom. The molecule has 2 N–H and O–H groups in total. The third-order valence-electron chi connectivity index (χ3n) is 4.72. The van der Waals surface area contributed by atoms with Gasteiger partial charge < -0.3 is 10.3 Å². The zero-order chi connectivity index (χ0) is 16.8. The normalized spacial score (nSPS) is 16.6. The number of unbranched alkanes of at least 4 members (excludes halogenated alkanes) is 2. The van der Waals surface area contributed by atoms with Crippen LogP contribution in [-0.2, 0) is 24.1 Å². The monoisotopic (exact) mass is 345 g/mol. The van der Waals surface area contributed by atoms with Crippen LogP contribution in [0.3, 0.4) is 0 Å². The topological polar surface area (TPSA) is 57.8 Å². The maximum atomic E-state index is 12.3. The van der Waals surface area contributed by atoms with Gasteiger partial charge >= 0.3 is 0 Å². The first-order valence-electron chi connectivity index (χ1n) is 8.75. The van der Waals surface area contributed by atoms with E-state index < -0.39 is 0 Å². The van der Waals surface area contributed by atoms with Gasteiger partial charge in [0.05, 0.1) is 12.0 Å². The number of nitrogens with zero attached hydrogens (tertiary/aromatic N) is 1. The molecule has 0 spiro atoms. The Labute approximate surface area is 148 Å². The van der Waals surface area contributed by atoms with Crippen molar-refractivity contribution in [3.63, 3.8) is 0 Å². The van der Waals surface area contributed by atoms with Crippen LogP contribution in [-0.4, -0.2) is 22.4 Å². The second kappa shape index (κ2) is 8.34. The summed E-state index contributed by atoms with van der Waals surface area (Å²) in [6, 6.07) is 8.03. The second-order valence-corrected chi connectivity index (χ2v) is 6.93. The van der Waals surface area contributed by atoms with E-state index in [0.29, 0.717) is 0 Å². The van der Waals surface area contributed by atoms with Gasteiger partial charge in [0.15, 0.2) is 0 Å². The molecule has 1 aliphatic carbocycles. The maximum Gasteiger partial charge on any atom is 0.223 e. The highest BCUT2D eigenvalue weighted by Crippen LogP contribution is 2.22. The van der Waals surface area contributed by atoms with Crippen LogP contribution in [0.2, 0.25) is 5.02 Å². The number of hydrogen-bond donors (Lipinski definition) is 2. The molecule has 0 fully saturated rings. The van der Waals surface area contributed by atoms with Crippen LogP contribution in [0.4, 0.5) is 0 Å². The van der Waals surface area contributed by atoms with Crippen molar-refractivity contribution in [1.29, 1.82) is 0 Å². The van der Waals surface area contributed by atoms with Gasteiger partial charge in [-0.05, 0) is 49.8 Å². The van der Waals surface area contributed by atoms with Gasteiger partial charge in [-0.3, -0.25) is 4.79 Å². The van der Waals surface area contributed by atoms with E-state index in [1.165, 1.54) is 11.3 Å². The lowest BCUT2D eigenvalue weighted by atomic mass is 9.89. The van der Waals surface area contributed by atoms with Gasteiger partial charge in [0.25, 0.3) is 0 Å². The predicted octanol–water partition coefficient (Wildman–Crippen LogP) is 3.70. The molecule has 5 heteroatoms. The minimum absolute atomic E-state index is 0.0786. The smallest absolute Gasteiger partial charge is 0.223 e. The fourth-order valence-electron chi connectivity index (χ4n) is 3.26. The van der Waals surface area contributed by atoms with Gasteiger partial charge in [0.1, 0.15) is 0 Å². The maximum absolute atomic E-state index is 12.3. The van der Waals surface area contributed by atoms with E-state index in [1.54, 1.807) is 6.33 Å². The number of H-pyrrole nitrogens is 1. The lowest BCUT2D eigenvalue weighted by molar-refractivity contribution is -0.125. The van der Waals surface area contributed by atoms with E-state index in [1.807, 2.05) is 12.1 Å². The average molecular weight is 346 g/mol. The number of carbonyl (C=O) groups is 1. The molecule has 4 nitrogen and oxygen atoms in total. The van der Waals surface area contributed by atoms with Gasteiger partial charge in [-0.1, -0.05) is 30.2 Å². The number of benzene rings is 1. The number of amides is 1. The molecule has 1 aliphatic rings. The molecule has 0 bridgehead atoms. The molecule has 1 amide bonds. The molecular weight excluding hydrogens is 322 g/mol. The fourth-order valence-corrected chi connectivity index (χ4v) is 3.38. The Morgan fingerprint density at radius 1 is 1.25 bits per heavy atom. The number of imidazole rings is 1. The van der Waals surface area contributed by atoms with Crippen LogP contribution < -0.4 is 5.32 Å². The number of aromatic amines is 1. The van der Waals surface area contributed by atoms with Gasteiger partial charge in [0.2, 0.25) is 5.91 Å². The Morgan fingerprint density at radius 3 is 2.92 bits per heavy atom. The molecule has 0 aliphatic heterocycles. The van der Waals surface area contributed by atoms with E-state index in [4.69, 9.17) is 11.6 Å². The molecule has 128 valence electrons. The molecule has 1 unspecified atom stereocenters.